The van der Waals surface area contributed by atoms with Gasteiger partial charge in [0.05, 0.1) is 6.54 Å². The van der Waals surface area contributed by atoms with Crippen LogP contribution in [0.25, 0.3) is 11.5 Å². The monoisotopic (exact) mass is 367 g/mol. The zero-order chi connectivity index (χ0) is 19.6. The Balaban J connectivity index is 1.95. The number of nitrogens with one attached hydrogen (secondary N) is 1. The summed E-state index contributed by atoms with van der Waals surface area (Å²) in [6, 6.07) is 3.96. The molecule has 27 heavy (non-hydrogen) atoms. The Labute approximate surface area is 161 Å². The quantitative estimate of drug-likeness (QED) is 0.899. The number of aryl methyl sites for hydroxylation is 2. The van der Waals surface area contributed by atoms with Crippen molar-refractivity contribution in [3.8, 4) is 11.5 Å². The topological polar surface area (TPSA) is 71.0 Å². The number of pyridine rings is 1. The van der Waals surface area contributed by atoms with Crippen molar-refractivity contribution in [3.05, 3.63) is 35.2 Å². The van der Waals surface area contributed by atoms with Crippen molar-refractivity contribution in [3.63, 3.8) is 0 Å². The summed E-state index contributed by atoms with van der Waals surface area (Å²) in [5.41, 5.74) is 3.91. The van der Waals surface area contributed by atoms with Gasteiger partial charge < -0.3 is 10.2 Å². The molecule has 0 bridgehead atoms. The molecular weight excluding hydrogens is 338 g/mol. The summed E-state index contributed by atoms with van der Waals surface area (Å²) >= 11 is 0. The van der Waals surface area contributed by atoms with Crippen molar-refractivity contribution in [2.24, 2.45) is 0 Å². The molecule has 0 fully saturated rings. The average Bonchev–Trinajstić information content (AvgIpc) is 2.59. The Morgan fingerprint density at radius 1 is 1.22 bits per heavy atom. The van der Waals surface area contributed by atoms with E-state index in [0.29, 0.717) is 5.82 Å². The Bertz CT molecular complexity index is 841. The third-order valence-corrected chi connectivity index (χ3v) is 4.56. The van der Waals surface area contributed by atoms with Crippen LogP contribution < -0.4 is 10.2 Å². The number of carbonyl (C=O) groups is 1. The molecule has 2 aromatic rings. The lowest BCUT2D eigenvalue weighted by molar-refractivity contribution is -0.121. The number of carbonyl (C=O) groups excluding carboxylic acids is 1. The van der Waals surface area contributed by atoms with Crippen LogP contribution in [0.1, 0.15) is 50.4 Å². The van der Waals surface area contributed by atoms with Crippen molar-refractivity contribution >= 4 is 11.7 Å². The lowest BCUT2D eigenvalue weighted by Crippen LogP contribution is -2.45. The maximum absolute atomic E-state index is 12.4. The molecule has 0 saturated carbocycles. The molecule has 1 aliphatic carbocycles. The van der Waals surface area contributed by atoms with E-state index in [4.69, 9.17) is 9.97 Å². The number of nitrogens with zero attached hydrogens (tertiary/aromatic N) is 4. The van der Waals surface area contributed by atoms with Gasteiger partial charge in [-0.25, -0.2) is 9.97 Å². The number of amides is 1. The van der Waals surface area contributed by atoms with Crippen molar-refractivity contribution in [1.29, 1.82) is 0 Å². The van der Waals surface area contributed by atoms with Crippen LogP contribution in [0, 0.1) is 6.92 Å². The maximum atomic E-state index is 12.4. The fourth-order valence-electron chi connectivity index (χ4n) is 3.41. The van der Waals surface area contributed by atoms with Gasteiger partial charge in [0.2, 0.25) is 5.91 Å². The summed E-state index contributed by atoms with van der Waals surface area (Å²) in [5, 5.41) is 3.02. The molecule has 0 atom stereocenters. The van der Waals surface area contributed by atoms with Crippen LogP contribution in [0.15, 0.2) is 18.3 Å². The van der Waals surface area contributed by atoms with E-state index in [1.807, 2.05) is 51.8 Å². The first kappa shape index (κ1) is 19.3. The SMILES string of the molecule is Cc1ccnc(-c2nc3c(c(N(C)CC(=O)NC(C)(C)C)n2)CCCC3)c1. The second-order valence-electron chi connectivity index (χ2n) is 8.38. The highest BCUT2D eigenvalue weighted by Crippen LogP contribution is 2.29. The molecule has 2 aromatic heterocycles. The van der Waals surface area contributed by atoms with Crippen LogP contribution in [-0.4, -0.2) is 40.0 Å². The van der Waals surface area contributed by atoms with Gasteiger partial charge in [0, 0.05) is 30.0 Å². The van der Waals surface area contributed by atoms with Gasteiger partial charge in [-0.2, -0.15) is 0 Å². The smallest absolute Gasteiger partial charge is 0.239 e. The van der Waals surface area contributed by atoms with Crippen LogP contribution in [0.3, 0.4) is 0 Å². The molecule has 1 amide bonds. The van der Waals surface area contributed by atoms with E-state index >= 15 is 0 Å². The summed E-state index contributed by atoms with van der Waals surface area (Å²) in [6.45, 7) is 8.26. The molecule has 0 unspecified atom stereocenters. The summed E-state index contributed by atoms with van der Waals surface area (Å²) in [5.74, 6) is 1.47. The summed E-state index contributed by atoms with van der Waals surface area (Å²) in [6.07, 6.45) is 5.96. The molecule has 2 heterocycles. The number of anilines is 1. The summed E-state index contributed by atoms with van der Waals surface area (Å²) in [4.78, 5) is 28.4. The Hall–Kier alpha value is -2.50. The maximum Gasteiger partial charge on any atom is 0.239 e. The van der Waals surface area contributed by atoms with Gasteiger partial charge in [-0.15, -0.1) is 0 Å². The standard InChI is InChI=1S/C21H29N5O/c1-14-10-11-22-17(12-14)19-23-16-9-7-6-8-15(16)20(24-19)26(5)13-18(27)25-21(2,3)4/h10-12H,6-9,13H2,1-5H3,(H,25,27). The van der Waals surface area contributed by atoms with Gasteiger partial charge in [0.15, 0.2) is 5.82 Å². The number of rotatable bonds is 4. The molecule has 0 spiro atoms. The largest absolute Gasteiger partial charge is 0.350 e. The van der Waals surface area contributed by atoms with Gasteiger partial charge >= 0.3 is 0 Å². The highest BCUT2D eigenvalue weighted by atomic mass is 16.2. The fraction of sp³-hybridized carbons (Fsp3) is 0.524. The van der Waals surface area contributed by atoms with Crippen molar-refractivity contribution in [2.45, 2.75) is 58.9 Å². The molecule has 1 aliphatic rings. The molecule has 0 saturated heterocycles. The fourth-order valence-corrected chi connectivity index (χ4v) is 3.41. The second kappa shape index (κ2) is 7.62. The minimum atomic E-state index is -0.250. The summed E-state index contributed by atoms with van der Waals surface area (Å²) < 4.78 is 0. The predicted octanol–water partition coefficient (Wildman–Crippen LogP) is 3.08. The highest BCUT2D eigenvalue weighted by Gasteiger charge is 2.23. The minimum absolute atomic E-state index is 0.0107. The highest BCUT2D eigenvalue weighted by molar-refractivity contribution is 5.82. The minimum Gasteiger partial charge on any atom is -0.350 e. The molecular formula is C21H29N5O. The van der Waals surface area contributed by atoms with E-state index in [0.717, 1.165) is 48.5 Å². The number of hydrogen-bond donors (Lipinski definition) is 1. The van der Waals surface area contributed by atoms with Crippen LogP contribution in [-0.2, 0) is 17.6 Å². The lowest BCUT2D eigenvalue weighted by Gasteiger charge is -2.27. The molecule has 0 aromatic carbocycles. The number of aromatic nitrogens is 3. The van der Waals surface area contributed by atoms with E-state index in [2.05, 4.69) is 10.3 Å². The average molecular weight is 367 g/mol. The lowest BCUT2D eigenvalue weighted by atomic mass is 9.96. The van der Waals surface area contributed by atoms with E-state index in [9.17, 15) is 4.79 Å². The third kappa shape index (κ3) is 4.81. The van der Waals surface area contributed by atoms with Gasteiger partial charge in [0.25, 0.3) is 0 Å². The number of likely N-dealkylation sites (N-methyl/N-ethyl adjacent to an activating group) is 1. The van der Waals surface area contributed by atoms with Crippen LogP contribution in [0.4, 0.5) is 5.82 Å². The molecule has 0 radical (unpaired) electrons. The third-order valence-electron chi connectivity index (χ3n) is 4.56. The normalized spacial score (nSPS) is 13.8. The Kier molecular flexibility index (Phi) is 5.44. The van der Waals surface area contributed by atoms with Crippen LogP contribution in [0.5, 0.6) is 0 Å². The Morgan fingerprint density at radius 2 is 1.96 bits per heavy atom. The second-order valence-corrected chi connectivity index (χ2v) is 8.38. The molecule has 144 valence electrons. The predicted molar refractivity (Wildman–Crippen MR) is 108 cm³/mol. The zero-order valence-electron chi connectivity index (χ0n) is 17.0. The van der Waals surface area contributed by atoms with Crippen LogP contribution >= 0.6 is 0 Å². The van der Waals surface area contributed by atoms with Crippen molar-refractivity contribution in [2.75, 3.05) is 18.5 Å². The number of hydrogen-bond acceptors (Lipinski definition) is 5. The van der Waals surface area contributed by atoms with Crippen molar-refractivity contribution < 1.29 is 4.79 Å². The molecule has 6 heteroatoms. The Morgan fingerprint density at radius 3 is 2.67 bits per heavy atom. The molecule has 1 N–H and O–H groups in total. The van der Waals surface area contributed by atoms with Crippen LogP contribution in [0.2, 0.25) is 0 Å². The van der Waals surface area contributed by atoms with Gasteiger partial charge in [-0.3, -0.25) is 9.78 Å². The first-order valence-electron chi connectivity index (χ1n) is 9.58. The molecule has 3 rings (SSSR count). The van der Waals surface area contributed by atoms with Gasteiger partial charge in [-0.05, 0) is 71.1 Å². The van der Waals surface area contributed by atoms with E-state index in [1.165, 1.54) is 5.56 Å². The molecule has 0 aliphatic heterocycles. The van der Waals surface area contributed by atoms with Gasteiger partial charge in [0.1, 0.15) is 11.5 Å². The van der Waals surface area contributed by atoms with E-state index in [-0.39, 0.29) is 18.0 Å². The first-order valence-corrected chi connectivity index (χ1v) is 9.58. The summed E-state index contributed by atoms with van der Waals surface area (Å²) in [7, 11) is 1.92. The van der Waals surface area contributed by atoms with Crippen molar-refractivity contribution in [1.82, 2.24) is 20.3 Å². The first-order chi connectivity index (χ1) is 12.7. The van der Waals surface area contributed by atoms with Gasteiger partial charge in [-0.1, -0.05) is 0 Å². The number of fused-ring (bicyclic) bond motifs is 1. The zero-order valence-corrected chi connectivity index (χ0v) is 17.0. The molecule has 6 nitrogen and oxygen atoms in total. The van der Waals surface area contributed by atoms with E-state index < -0.39 is 0 Å². The van der Waals surface area contributed by atoms with E-state index in [1.54, 1.807) is 6.20 Å².